The summed E-state index contributed by atoms with van der Waals surface area (Å²) in [7, 11) is 0. The Bertz CT molecular complexity index is 1010. The van der Waals surface area contributed by atoms with Crippen molar-refractivity contribution in [1.82, 2.24) is 25.0 Å². The fourth-order valence-electron chi connectivity index (χ4n) is 2.55. The van der Waals surface area contributed by atoms with Gasteiger partial charge in [-0.25, -0.2) is 4.98 Å². The summed E-state index contributed by atoms with van der Waals surface area (Å²) in [5, 5.41) is 8.92. The topological polar surface area (TPSA) is 56.5 Å². The quantitative estimate of drug-likeness (QED) is 0.552. The number of hydrogen-bond acceptors (Lipinski definition) is 4. The van der Waals surface area contributed by atoms with Crippen LogP contribution in [-0.4, -0.2) is 25.0 Å². The number of pyridine rings is 2. The third-order valence-corrected chi connectivity index (χ3v) is 4.11. The number of halogens is 1. The Labute approximate surface area is 150 Å². The molecule has 25 heavy (non-hydrogen) atoms. The number of benzene rings is 1. The van der Waals surface area contributed by atoms with Crippen molar-refractivity contribution in [2.75, 3.05) is 0 Å². The van der Waals surface area contributed by atoms with Gasteiger partial charge in [0.2, 0.25) is 0 Å². The first kappa shape index (κ1) is 15.5. The number of aromatic nitrogens is 5. The molecule has 0 saturated carbocycles. The molecule has 0 spiro atoms. The Balaban J connectivity index is 1.76. The standard InChI is InChI=1S/C19H14ClN5/c1-13-2-7-19(22-11-13)25-18(12-23-24-25)15-8-9-21-17(10-15)14-3-5-16(20)6-4-14/h2-12H,1H3. The minimum atomic E-state index is 0.702. The molecule has 3 heterocycles. The summed E-state index contributed by atoms with van der Waals surface area (Å²) in [4.78, 5) is 8.88. The molecule has 0 aliphatic carbocycles. The molecule has 0 aliphatic heterocycles. The first-order valence-electron chi connectivity index (χ1n) is 7.77. The van der Waals surface area contributed by atoms with Crippen molar-refractivity contribution in [2.45, 2.75) is 6.92 Å². The van der Waals surface area contributed by atoms with E-state index in [4.69, 9.17) is 11.6 Å². The van der Waals surface area contributed by atoms with Crippen LogP contribution in [0.4, 0.5) is 0 Å². The zero-order valence-electron chi connectivity index (χ0n) is 13.5. The van der Waals surface area contributed by atoms with Crippen LogP contribution in [0.5, 0.6) is 0 Å². The third kappa shape index (κ3) is 3.14. The van der Waals surface area contributed by atoms with Crippen molar-refractivity contribution < 1.29 is 0 Å². The maximum absolute atomic E-state index is 5.96. The fraction of sp³-hybridized carbons (Fsp3) is 0.0526. The third-order valence-electron chi connectivity index (χ3n) is 3.86. The summed E-state index contributed by atoms with van der Waals surface area (Å²) in [6, 6.07) is 15.5. The second kappa shape index (κ2) is 6.45. The van der Waals surface area contributed by atoms with Gasteiger partial charge in [-0.3, -0.25) is 4.98 Å². The van der Waals surface area contributed by atoms with Crippen molar-refractivity contribution >= 4 is 11.6 Å². The van der Waals surface area contributed by atoms with E-state index in [0.717, 1.165) is 33.9 Å². The van der Waals surface area contributed by atoms with Crippen LogP contribution >= 0.6 is 11.6 Å². The lowest BCUT2D eigenvalue weighted by atomic mass is 10.1. The number of hydrogen-bond donors (Lipinski definition) is 0. The van der Waals surface area contributed by atoms with Crippen LogP contribution in [0.25, 0.3) is 28.3 Å². The van der Waals surface area contributed by atoms with Gasteiger partial charge in [-0.05, 0) is 42.8 Å². The van der Waals surface area contributed by atoms with Gasteiger partial charge in [0.25, 0.3) is 0 Å². The first-order valence-corrected chi connectivity index (χ1v) is 8.14. The zero-order chi connectivity index (χ0) is 17.2. The van der Waals surface area contributed by atoms with Crippen molar-refractivity contribution in [1.29, 1.82) is 0 Å². The minimum Gasteiger partial charge on any atom is -0.256 e. The molecule has 0 fully saturated rings. The Kier molecular flexibility index (Phi) is 3.99. The Morgan fingerprint density at radius 2 is 1.72 bits per heavy atom. The summed E-state index contributed by atoms with van der Waals surface area (Å²) in [6.45, 7) is 2.00. The first-order chi connectivity index (χ1) is 12.2. The largest absolute Gasteiger partial charge is 0.256 e. The maximum atomic E-state index is 5.96. The molecule has 122 valence electrons. The van der Waals surface area contributed by atoms with Crippen LogP contribution in [0.3, 0.4) is 0 Å². The summed E-state index contributed by atoms with van der Waals surface area (Å²) >= 11 is 5.96. The molecule has 4 aromatic rings. The van der Waals surface area contributed by atoms with Crippen LogP contribution in [0, 0.1) is 6.92 Å². The molecule has 6 heteroatoms. The van der Waals surface area contributed by atoms with E-state index in [-0.39, 0.29) is 0 Å². The highest BCUT2D eigenvalue weighted by Gasteiger charge is 2.11. The van der Waals surface area contributed by atoms with E-state index >= 15 is 0 Å². The van der Waals surface area contributed by atoms with Crippen molar-refractivity contribution in [3.05, 3.63) is 77.7 Å². The summed E-state index contributed by atoms with van der Waals surface area (Å²) in [5.74, 6) is 0.725. The van der Waals surface area contributed by atoms with Gasteiger partial charge < -0.3 is 0 Å². The molecule has 0 bridgehead atoms. The van der Waals surface area contributed by atoms with E-state index in [1.807, 2.05) is 61.7 Å². The molecule has 0 aliphatic rings. The highest BCUT2D eigenvalue weighted by Crippen LogP contribution is 2.26. The number of nitrogens with zero attached hydrogens (tertiary/aromatic N) is 5. The molecule has 5 nitrogen and oxygen atoms in total. The highest BCUT2D eigenvalue weighted by molar-refractivity contribution is 6.30. The highest BCUT2D eigenvalue weighted by atomic mass is 35.5. The molecule has 0 saturated heterocycles. The van der Waals surface area contributed by atoms with E-state index in [0.29, 0.717) is 5.02 Å². The van der Waals surface area contributed by atoms with Gasteiger partial charge in [-0.1, -0.05) is 35.0 Å². The molecule has 0 N–H and O–H groups in total. The number of aryl methyl sites for hydroxylation is 1. The van der Waals surface area contributed by atoms with Gasteiger partial charge in [0.15, 0.2) is 5.82 Å². The maximum Gasteiger partial charge on any atom is 0.155 e. The number of rotatable bonds is 3. The van der Waals surface area contributed by atoms with Gasteiger partial charge in [0, 0.05) is 28.5 Å². The summed E-state index contributed by atoms with van der Waals surface area (Å²) < 4.78 is 1.72. The average Bonchev–Trinajstić information content (AvgIpc) is 3.13. The predicted octanol–water partition coefficient (Wildman–Crippen LogP) is 4.35. The Morgan fingerprint density at radius 3 is 2.48 bits per heavy atom. The smallest absolute Gasteiger partial charge is 0.155 e. The molecule has 0 radical (unpaired) electrons. The molecular weight excluding hydrogens is 334 g/mol. The van der Waals surface area contributed by atoms with Crippen LogP contribution in [0.15, 0.2) is 67.1 Å². The molecular formula is C19H14ClN5. The van der Waals surface area contributed by atoms with Crippen molar-refractivity contribution in [2.24, 2.45) is 0 Å². The van der Waals surface area contributed by atoms with E-state index in [9.17, 15) is 0 Å². The van der Waals surface area contributed by atoms with Gasteiger partial charge in [-0.15, -0.1) is 5.10 Å². The van der Waals surface area contributed by atoms with Crippen molar-refractivity contribution in [3.63, 3.8) is 0 Å². The fourth-order valence-corrected chi connectivity index (χ4v) is 2.68. The zero-order valence-corrected chi connectivity index (χ0v) is 14.2. The lowest BCUT2D eigenvalue weighted by molar-refractivity contribution is 0.785. The van der Waals surface area contributed by atoms with E-state index in [1.54, 1.807) is 17.1 Å². The van der Waals surface area contributed by atoms with Crippen LogP contribution < -0.4 is 0 Å². The second-order valence-electron chi connectivity index (χ2n) is 5.66. The van der Waals surface area contributed by atoms with E-state index < -0.39 is 0 Å². The van der Waals surface area contributed by atoms with Crippen molar-refractivity contribution in [3.8, 4) is 28.3 Å². The second-order valence-corrected chi connectivity index (χ2v) is 6.10. The van der Waals surface area contributed by atoms with Gasteiger partial charge in [0.1, 0.15) is 0 Å². The molecule has 4 rings (SSSR count). The van der Waals surface area contributed by atoms with Crippen LogP contribution in [-0.2, 0) is 0 Å². The Morgan fingerprint density at radius 1 is 0.880 bits per heavy atom. The van der Waals surface area contributed by atoms with Crippen LogP contribution in [0.2, 0.25) is 5.02 Å². The van der Waals surface area contributed by atoms with Gasteiger partial charge in [-0.2, -0.15) is 4.68 Å². The molecule has 0 atom stereocenters. The van der Waals surface area contributed by atoms with Crippen LogP contribution in [0.1, 0.15) is 5.56 Å². The van der Waals surface area contributed by atoms with Gasteiger partial charge >= 0.3 is 0 Å². The molecule has 0 unspecified atom stereocenters. The average molecular weight is 348 g/mol. The van der Waals surface area contributed by atoms with Gasteiger partial charge in [0.05, 0.1) is 17.6 Å². The summed E-state index contributed by atoms with van der Waals surface area (Å²) in [6.07, 6.45) is 5.31. The molecule has 1 aromatic carbocycles. The monoisotopic (exact) mass is 347 g/mol. The lowest BCUT2D eigenvalue weighted by Gasteiger charge is -2.07. The van der Waals surface area contributed by atoms with E-state index in [1.165, 1.54) is 0 Å². The minimum absolute atomic E-state index is 0.702. The predicted molar refractivity (Wildman–Crippen MR) is 97.6 cm³/mol. The Hall–Kier alpha value is -3.05. The molecule has 0 amide bonds. The van der Waals surface area contributed by atoms with E-state index in [2.05, 4.69) is 20.3 Å². The lowest BCUT2D eigenvalue weighted by Crippen LogP contribution is -2.02. The SMILES string of the molecule is Cc1ccc(-n2nncc2-c2ccnc(-c3ccc(Cl)cc3)c2)nc1. The summed E-state index contributed by atoms with van der Waals surface area (Å²) in [5.41, 5.74) is 4.78. The molecule has 3 aromatic heterocycles. The normalized spacial score (nSPS) is 10.8.